The fourth-order valence-electron chi connectivity index (χ4n) is 3.81. The number of methoxy groups -OCH3 is 2. The molecular weight excluding hydrogens is 458 g/mol. The quantitative estimate of drug-likeness (QED) is 0.427. The topological polar surface area (TPSA) is 116 Å². The molecule has 1 aliphatic rings. The number of nitrogens with zero attached hydrogens (tertiary/aromatic N) is 1. The maximum Gasteiger partial charge on any atom is 0.336 e. The van der Waals surface area contributed by atoms with E-state index >= 15 is 0 Å². The smallest absolute Gasteiger partial charge is 0.336 e. The normalized spacial score (nSPS) is 13.9. The Kier molecular flexibility index (Phi) is 8.06. The Hall–Kier alpha value is -3.66. The van der Waals surface area contributed by atoms with Gasteiger partial charge in [-0.3, -0.25) is 4.79 Å². The van der Waals surface area contributed by atoms with Gasteiger partial charge in [0.25, 0.3) is 0 Å². The highest BCUT2D eigenvalue weighted by molar-refractivity contribution is 7.13. The number of allylic oxidation sites excluding steroid dienone is 2. The molecule has 9 nitrogen and oxygen atoms in total. The number of esters is 3. The number of carbonyl (C=O) groups excluding carboxylic acids is 3. The van der Waals surface area contributed by atoms with Crippen LogP contribution in [0.3, 0.4) is 0 Å². The van der Waals surface area contributed by atoms with Crippen molar-refractivity contribution in [1.29, 1.82) is 0 Å². The third-order valence-electron chi connectivity index (χ3n) is 5.22. The predicted octanol–water partition coefficient (Wildman–Crippen LogP) is 3.57. The van der Waals surface area contributed by atoms with Crippen LogP contribution in [0, 0.1) is 0 Å². The maximum atomic E-state index is 12.7. The number of thiazole rings is 1. The van der Waals surface area contributed by atoms with E-state index in [4.69, 9.17) is 14.2 Å². The summed E-state index contributed by atoms with van der Waals surface area (Å²) in [6, 6.07) is 7.34. The molecule has 1 aliphatic heterocycles. The molecule has 0 amide bonds. The Morgan fingerprint density at radius 3 is 2.32 bits per heavy atom. The van der Waals surface area contributed by atoms with Gasteiger partial charge in [-0.15, -0.1) is 11.3 Å². The molecule has 0 bridgehead atoms. The molecule has 0 aliphatic carbocycles. The first kappa shape index (κ1) is 25.0. The minimum absolute atomic E-state index is 0.0975. The standard InChI is InChI=1S/C24H27N3O6S/c1-6-33-18(28)11-17-12-34-24(27-17)26-16-9-7-8-15(10-16)21-19(22(29)31-4)13(2)25-14(3)20(21)23(30)32-5/h7-10,12,21,25H,6,11H2,1-5H3,(H,26,27). The molecule has 0 fully saturated rings. The van der Waals surface area contributed by atoms with Crippen LogP contribution < -0.4 is 10.6 Å². The van der Waals surface area contributed by atoms with E-state index in [1.54, 1.807) is 26.2 Å². The van der Waals surface area contributed by atoms with E-state index in [1.165, 1.54) is 25.6 Å². The third kappa shape index (κ3) is 5.45. The number of anilines is 2. The van der Waals surface area contributed by atoms with E-state index < -0.39 is 17.9 Å². The van der Waals surface area contributed by atoms with E-state index in [2.05, 4.69) is 15.6 Å². The Morgan fingerprint density at radius 2 is 1.74 bits per heavy atom. The lowest BCUT2D eigenvalue weighted by Crippen LogP contribution is -2.32. The molecule has 0 saturated heterocycles. The van der Waals surface area contributed by atoms with Crippen molar-refractivity contribution in [3.05, 3.63) is 63.4 Å². The summed E-state index contributed by atoms with van der Waals surface area (Å²) in [5, 5.41) is 8.70. The molecular formula is C24H27N3O6S. The highest BCUT2D eigenvalue weighted by Gasteiger charge is 2.37. The molecule has 3 rings (SSSR count). The average Bonchev–Trinajstić information content (AvgIpc) is 3.24. The number of nitrogens with one attached hydrogen (secondary N) is 2. The second kappa shape index (κ2) is 11.0. The summed E-state index contributed by atoms with van der Waals surface area (Å²) in [5.41, 5.74) is 3.88. The van der Waals surface area contributed by atoms with Crippen LogP contribution in [0.15, 0.2) is 52.2 Å². The highest BCUT2D eigenvalue weighted by atomic mass is 32.1. The predicted molar refractivity (Wildman–Crippen MR) is 127 cm³/mol. The average molecular weight is 486 g/mol. The van der Waals surface area contributed by atoms with E-state index in [1.807, 2.05) is 24.3 Å². The van der Waals surface area contributed by atoms with Gasteiger partial charge in [0.15, 0.2) is 5.13 Å². The fourth-order valence-corrected chi connectivity index (χ4v) is 4.54. The molecule has 1 aromatic heterocycles. The van der Waals surface area contributed by atoms with Crippen molar-refractivity contribution < 1.29 is 28.6 Å². The van der Waals surface area contributed by atoms with Crippen LogP contribution in [-0.2, 0) is 35.0 Å². The summed E-state index contributed by atoms with van der Waals surface area (Å²) in [5.74, 6) is -2.09. The van der Waals surface area contributed by atoms with Gasteiger partial charge in [-0.05, 0) is 38.5 Å². The first-order valence-electron chi connectivity index (χ1n) is 10.6. The third-order valence-corrected chi connectivity index (χ3v) is 6.03. The lowest BCUT2D eigenvalue weighted by Gasteiger charge is -2.30. The van der Waals surface area contributed by atoms with Gasteiger partial charge >= 0.3 is 17.9 Å². The van der Waals surface area contributed by atoms with Crippen LogP contribution in [-0.4, -0.2) is 43.7 Å². The van der Waals surface area contributed by atoms with Crippen molar-refractivity contribution in [3.63, 3.8) is 0 Å². The molecule has 0 unspecified atom stereocenters. The molecule has 2 aromatic rings. The number of ether oxygens (including phenoxy) is 3. The summed E-state index contributed by atoms with van der Waals surface area (Å²) >= 11 is 1.36. The fraction of sp³-hybridized carbons (Fsp3) is 0.333. The van der Waals surface area contributed by atoms with Crippen molar-refractivity contribution in [2.45, 2.75) is 33.1 Å². The summed E-state index contributed by atoms with van der Waals surface area (Å²) < 4.78 is 15.0. The minimum atomic E-state index is -0.682. The van der Waals surface area contributed by atoms with Gasteiger partial charge in [-0.2, -0.15) is 0 Å². The first-order chi connectivity index (χ1) is 16.3. The highest BCUT2D eigenvalue weighted by Crippen LogP contribution is 2.40. The van der Waals surface area contributed by atoms with Gasteiger partial charge in [-0.1, -0.05) is 12.1 Å². The SMILES string of the molecule is CCOC(=O)Cc1csc(Nc2cccc(C3C(C(=O)OC)=C(C)NC(C)=C3C(=O)OC)c2)n1. The van der Waals surface area contributed by atoms with E-state index in [9.17, 15) is 14.4 Å². The number of rotatable bonds is 8. The Labute approximate surface area is 201 Å². The number of hydrogen-bond donors (Lipinski definition) is 2. The molecule has 34 heavy (non-hydrogen) atoms. The zero-order valence-corrected chi connectivity index (χ0v) is 20.5. The van der Waals surface area contributed by atoms with Crippen LogP contribution in [0.4, 0.5) is 10.8 Å². The molecule has 180 valence electrons. The van der Waals surface area contributed by atoms with Crippen LogP contribution >= 0.6 is 11.3 Å². The monoisotopic (exact) mass is 485 g/mol. The van der Waals surface area contributed by atoms with Gasteiger partial charge in [0.1, 0.15) is 0 Å². The second-order valence-corrected chi connectivity index (χ2v) is 8.35. The Balaban J connectivity index is 1.95. The van der Waals surface area contributed by atoms with E-state index in [-0.39, 0.29) is 12.4 Å². The van der Waals surface area contributed by atoms with Crippen molar-refractivity contribution in [2.75, 3.05) is 26.1 Å². The van der Waals surface area contributed by atoms with Crippen LogP contribution in [0.25, 0.3) is 0 Å². The molecule has 0 radical (unpaired) electrons. The number of carbonyl (C=O) groups is 3. The van der Waals surface area contributed by atoms with E-state index in [0.717, 1.165) is 0 Å². The Bertz CT molecular complexity index is 1130. The van der Waals surface area contributed by atoms with Crippen LogP contribution in [0.2, 0.25) is 0 Å². The number of dihydropyridines is 1. The number of aromatic nitrogens is 1. The molecule has 2 heterocycles. The largest absolute Gasteiger partial charge is 0.466 e. The molecule has 10 heteroatoms. The van der Waals surface area contributed by atoms with Crippen molar-refractivity contribution in [1.82, 2.24) is 10.3 Å². The molecule has 0 atom stereocenters. The van der Waals surface area contributed by atoms with Crippen LogP contribution in [0.5, 0.6) is 0 Å². The molecule has 0 spiro atoms. The van der Waals surface area contributed by atoms with Gasteiger partial charge in [0, 0.05) is 22.5 Å². The van der Waals surface area contributed by atoms with Crippen molar-refractivity contribution in [3.8, 4) is 0 Å². The Morgan fingerprint density at radius 1 is 1.09 bits per heavy atom. The minimum Gasteiger partial charge on any atom is -0.466 e. The second-order valence-electron chi connectivity index (χ2n) is 7.49. The summed E-state index contributed by atoms with van der Waals surface area (Å²) in [7, 11) is 2.61. The summed E-state index contributed by atoms with van der Waals surface area (Å²) in [4.78, 5) is 41.5. The van der Waals surface area contributed by atoms with E-state index in [0.29, 0.717) is 51.2 Å². The van der Waals surface area contributed by atoms with Gasteiger partial charge < -0.3 is 24.8 Å². The van der Waals surface area contributed by atoms with Crippen molar-refractivity contribution >= 4 is 40.1 Å². The zero-order chi connectivity index (χ0) is 24.8. The maximum absolute atomic E-state index is 12.7. The van der Waals surface area contributed by atoms with Gasteiger partial charge in [0.05, 0.1) is 50.0 Å². The number of benzene rings is 1. The van der Waals surface area contributed by atoms with Gasteiger partial charge in [0.2, 0.25) is 0 Å². The zero-order valence-electron chi connectivity index (χ0n) is 19.7. The van der Waals surface area contributed by atoms with Gasteiger partial charge in [-0.25, -0.2) is 14.6 Å². The molecule has 2 N–H and O–H groups in total. The number of hydrogen-bond acceptors (Lipinski definition) is 10. The van der Waals surface area contributed by atoms with Crippen molar-refractivity contribution in [2.24, 2.45) is 0 Å². The molecule has 1 aromatic carbocycles. The first-order valence-corrected chi connectivity index (χ1v) is 11.5. The lowest BCUT2D eigenvalue weighted by atomic mass is 9.80. The molecule has 0 saturated carbocycles. The summed E-state index contributed by atoms with van der Waals surface area (Å²) in [6.45, 7) is 5.60. The lowest BCUT2D eigenvalue weighted by molar-refractivity contribution is -0.142. The van der Waals surface area contributed by atoms with Crippen LogP contribution in [0.1, 0.15) is 37.9 Å². The summed E-state index contributed by atoms with van der Waals surface area (Å²) in [6.07, 6.45) is 0.0975.